The summed E-state index contributed by atoms with van der Waals surface area (Å²) in [4.78, 5) is 25.5. The van der Waals surface area contributed by atoms with Crippen molar-refractivity contribution in [2.45, 2.75) is 12.3 Å². The first kappa shape index (κ1) is 21.7. The molecule has 1 fully saturated rings. The molecule has 2 aromatic carbocycles. The van der Waals surface area contributed by atoms with E-state index in [1.54, 1.807) is 41.8 Å². The molecular formula is C22H18N2O6S2. The molecule has 1 saturated heterocycles. The predicted molar refractivity (Wildman–Crippen MR) is 122 cm³/mol. The van der Waals surface area contributed by atoms with Gasteiger partial charge in [-0.1, -0.05) is 18.2 Å². The Bertz CT molecular complexity index is 1300. The highest BCUT2D eigenvalue weighted by molar-refractivity contribution is 7.97. The van der Waals surface area contributed by atoms with Crippen molar-refractivity contribution in [1.29, 1.82) is 0 Å². The van der Waals surface area contributed by atoms with Gasteiger partial charge in [-0.3, -0.25) is 19.8 Å². The number of non-ortho nitro benzene ring substituents is 1. The fourth-order valence-electron chi connectivity index (χ4n) is 3.49. The molecule has 3 aromatic rings. The van der Waals surface area contributed by atoms with E-state index < -0.39 is 26.0 Å². The molecule has 4 rings (SSSR count). The number of rotatable bonds is 6. The summed E-state index contributed by atoms with van der Waals surface area (Å²) in [5, 5.41) is 11.6. The van der Waals surface area contributed by atoms with E-state index in [4.69, 9.17) is 4.74 Å². The maximum atomic E-state index is 13.5. The van der Waals surface area contributed by atoms with Gasteiger partial charge in [0.05, 0.1) is 11.5 Å². The van der Waals surface area contributed by atoms with Gasteiger partial charge in [0.15, 0.2) is 5.37 Å². The van der Waals surface area contributed by atoms with Gasteiger partial charge in [0.25, 0.3) is 11.6 Å². The van der Waals surface area contributed by atoms with Gasteiger partial charge in [0, 0.05) is 22.7 Å². The van der Waals surface area contributed by atoms with Gasteiger partial charge in [-0.25, -0.2) is 8.42 Å². The van der Waals surface area contributed by atoms with Crippen molar-refractivity contribution in [2.75, 3.05) is 11.5 Å². The zero-order chi connectivity index (χ0) is 22.9. The first-order valence-electron chi connectivity index (χ1n) is 9.63. The Morgan fingerprint density at radius 3 is 2.53 bits per heavy atom. The van der Waals surface area contributed by atoms with Crippen LogP contribution in [-0.4, -0.2) is 25.9 Å². The molecule has 2 heterocycles. The van der Waals surface area contributed by atoms with Gasteiger partial charge in [-0.2, -0.15) is 0 Å². The number of sulfone groups is 1. The second-order valence-corrected chi connectivity index (χ2v) is 9.83. The number of carbonyl (C=O) groups is 1. The minimum absolute atomic E-state index is 0.135. The van der Waals surface area contributed by atoms with E-state index >= 15 is 0 Å². The van der Waals surface area contributed by atoms with Crippen molar-refractivity contribution >= 4 is 44.5 Å². The summed E-state index contributed by atoms with van der Waals surface area (Å²) in [5.74, 6) is -0.119. The van der Waals surface area contributed by atoms with Crippen molar-refractivity contribution in [1.82, 2.24) is 0 Å². The summed E-state index contributed by atoms with van der Waals surface area (Å²) in [6, 6.07) is 15.3. The van der Waals surface area contributed by atoms with Gasteiger partial charge >= 0.3 is 0 Å². The van der Waals surface area contributed by atoms with E-state index in [1.165, 1.54) is 41.7 Å². The quantitative estimate of drug-likeness (QED) is 0.297. The summed E-state index contributed by atoms with van der Waals surface area (Å²) in [6.07, 6.45) is 1.35. The molecule has 1 amide bonds. The van der Waals surface area contributed by atoms with E-state index in [9.17, 15) is 23.3 Å². The molecule has 32 heavy (non-hydrogen) atoms. The molecule has 1 aliphatic heterocycles. The van der Waals surface area contributed by atoms with Crippen LogP contribution in [0.4, 0.5) is 11.4 Å². The van der Waals surface area contributed by atoms with Crippen LogP contribution in [0.25, 0.3) is 6.08 Å². The normalized spacial score (nSPS) is 18.8. The van der Waals surface area contributed by atoms with Gasteiger partial charge < -0.3 is 4.74 Å². The first-order chi connectivity index (χ1) is 15.3. The molecule has 0 saturated carbocycles. The Morgan fingerprint density at radius 1 is 1.16 bits per heavy atom. The standard InChI is InChI=1S/C22H18N2O6S2/c1-2-30-18-10-8-16(9-11-18)23-21(25)20(14-19-7-4-12-31-19)32(28,29)22(23)15-5-3-6-17(13-15)24(26)27/h3-14,22H,2H2,1H3/b20-14+/t22-/m0/s1. The average Bonchev–Trinajstić information content (AvgIpc) is 3.35. The predicted octanol–water partition coefficient (Wildman–Crippen LogP) is 4.56. The van der Waals surface area contributed by atoms with Crippen molar-refractivity contribution in [3.8, 4) is 5.75 Å². The van der Waals surface area contributed by atoms with Crippen molar-refractivity contribution in [3.63, 3.8) is 0 Å². The number of carbonyl (C=O) groups excluding carboxylic acids is 1. The fraction of sp³-hybridized carbons (Fsp3) is 0.136. The molecule has 0 aliphatic carbocycles. The van der Waals surface area contributed by atoms with Gasteiger partial charge in [-0.15, -0.1) is 11.3 Å². The Kier molecular flexibility index (Phi) is 5.81. The van der Waals surface area contributed by atoms with Crippen LogP contribution in [0, 0.1) is 10.1 Å². The van der Waals surface area contributed by atoms with Crippen LogP contribution in [0.2, 0.25) is 0 Å². The Labute approximate surface area is 188 Å². The van der Waals surface area contributed by atoms with E-state index in [0.29, 0.717) is 22.9 Å². The Hall–Kier alpha value is -3.50. The number of nitrogens with zero attached hydrogens (tertiary/aromatic N) is 2. The molecule has 164 valence electrons. The Morgan fingerprint density at radius 2 is 1.91 bits per heavy atom. The number of amides is 1. The van der Waals surface area contributed by atoms with E-state index in [0.717, 1.165) is 4.90 Å². The second kappa shape index (κ2) is 8.56. The molecule has 10 heteroatoms. The molecule has 1 atom stereocenters. The monoisotopic (exact) mass is 470 g/mol. The maximum Gasteiger partial charge on any atom is 0.271 e. The maximum absolute atomic E-state index is 13.5. The number of ether oxygens (including phenoxy) is 1. The SMILES string of the molecule is CCOc1ccc(N2C(=O)/C(=C\c3cccs3)S(=O)(=O)[C@H]2c2cccc([N+](=O)[O-])c2)cc1. The number of anilines is 1. The van der Waals surface area contributed by atoms with Gasteiger partial charge in [0.2, 0.25) is 9.84 Å². The van der Waals surface area contributed by atoms with Crippen LogP contribution in [0.3, 0.4) is 0 Å². The first-order valence-corrected chi connectivity index (χ1v) is 12.1. The highest BCUT2D eigenvalue weighted by Gasteiger charge is 2.50. The van der Waals surface area contributed by atoms with Crippen molar-refractivity contribution in [3.05, 3.63) is 91.5 Å². The highest BCUT2D eigenvalue weighted by Crippen LogP contribution is 2.44. The third kappa shape index (κ3) is 3.90. The molecule has 0 spiro atoms. The number of thiophene rings is 1. The molecule has 1 aliphatic rings. The van der Waals surface area contributed by atoms with E-state index in [2.05, 4.69) is 0 Å². The zero-order valence-electron chi connectivity index (χ0n) is 16.9. The molecule has 0 N–H and O–H groups in total. The summed E-state index contributed by atoms with van der Waals surface area (Å²) in [7, 11) is -4.18. The summed E-state index contributed by atoms with van der Waals surface area (Å²) >= 11 is 1.30. The molecule has 0 unspecified atom stereocenters. The summed E-state index contributed by atoms with van der Waals surface area (Å²) < 4.78 is 32.5. The largest absolute Gasteiger partial charge is 0.494 e. The van der Waals surface area contributed by atoms with Crippen molar-refractivity contribution < 1.29 is 22.9 Å². The zero-order valence-corrected chi connectivity index (χ0v) is 18.5. The van der Waals surface area contributed by atoms with Crippen LogP contribution >= 0.6 is 11.3 Å². The van der Waals surface area contributed by atoms with Gasteiger partial charge in [-0.05, 0) is 54.3 Å². The topological polar surface area (TPSA) is 107 Å². The average molecular weight is 471 g/mol. The molecular weight excluding hydrogens is 452 g/mol. The smallest absolute Gasteiger partial charge is 0.271 e. The number of nitro groups is 1. The van der Waals surface area contributed by atoms with Crippen LogP contribution < -0.4 is 9.64 Å². The summed E-state index contributed by atoms with van der Waals surface area (Å²) in [6.45, 7) is 2.30. The number of hydrogen-bond donors (Lipinski definition) is 0. The highest BCUT2D eigenvalue weighted by atomic mass is 32.2. The van der Waals surface area contributed by atoms with E-state index in [-0.39, 0.29) is 16.2 Å². The van der Waals surface area contributed by atoms with Crippen LogP contribution in [-0.2, 0) is 14.6 Å². The number of benzene rings is 2. The lowest BCUT2D eigenvalue weighted by atomic mass is 10.1. The van der Waals surface area contributed by atoms with Crippen molar-refractivity contribution in [2.24, 2.45) is 0 Å². The number of hydrogen-bond acceptors (Lipinski definition) is 7. The minimum atomic E-state index is -4.18. The lowest BCUT2D eigenvalue weighted by molar-refractivity contribution is -0.384. The Balaban J connectivity index is 1.89. The second-order valence-electron chi connectivity index (χ2n) is 6.88. The lowest BCUT2D eigenvalue weighted by Gasteiger charge is -2.23. The molecule has 0 radical (unpaired) electrons. The molecule has 8 nitrogen and oxygen atoms in total. The van der Waals surface area contributed by atoms with Crippen LogP contribution in [0.5, 0.6) is 5.75 Å². The fourth-order valence-corrected chi connectivity index (χ4v) is 6.10. The molecule has 0 bridgehead atoms. The summed E-state index contributed by atoms with van der Waals surface area (Å²) in [5.41, 5.74) is 0.219. The third-order valence-electron chi connectivity index (χ3n) is 4.87. The van der Waals surface area contributed by atoms with Gasteiger partial charge in [0.1, 0.15) is 10.7 Å². The number of nitro benzene ring substituents is 1. The van der Waals surface area contributed by atoms with E-state index in [1.807, 2.05) is 6.92 Å². The van der Waals surface area contributed by atoms with Crippen LogP contribution in [0.1, 0.15) is 22.7 Å². The van der Waals surface area contributed by atoms with Crippen LogP contribution in [0.15, 0.2) is 70.9 Å². The molecule has 1 aromatic heterocycles. The third-order valence-corrected chi connectivity index (χ3v) is 7.67. The lowest BCUT2D eigenvalue weighted by Crippen LogP contribution is -2.29. The minimum Gasteiger partial charge on any atom is -0.494 e.